The van der Waals surface area contributed by atoms with E-state index in [1.807, 2.05) is 31.2 Å². The summed E-state index contributed by atoms with van der Waals surface area (Å²) >= 11 is 0. The topological polar surface area (TPSA) is 77.2 Å². The van der Waals surface area contributed by atoms with E-state index in [4.69, 9.17) is 9.26 Å². The molecule has 25 heavy (non-hydrogen) atoms. The van der Waals surface area contributed by atoms with Crippen molar-refractivity contribution in [2.45, 2.75) is 13.3 Å². The van der Waals surface area contributed by atoms with Gasteiger partial charge in [0.1, 0.15) is 5.75 Å². The van der Waals surface area contributed by atoms with Gasteiger partial charge < -0.3 is 14.6 Å². The summed E-state index contributed by atoms with van der Waals surface area (Å²) in [6.45, 7) is 2.43. The average Bonchev–Trinajstić information content (AvgIpc) is 3.11. The third-order valence-corrected chi connectivity index (χ3v) is 3.73. The van der Waals surface area contributed by atoms with Crippen LogP contribution in [0.4, 0.5) is 0 Å². The quantitative estimate of drug-likeness (QED) is 0.748. The average molecular weight is 337 g/mol. The number of amides is 1. The van der Waals surface area contributed by atoms with Gasteiger partial charge in [-0.3, -0.25) is 4.79 Å². The first kappa shape index (κ1) is 16.7. The van der Waals surface area contributed by atoms with Gasteiger partial charge in [0.25, 0.3) is 5.91 Å². The molecule has 0 aliphatic heterocycles. The lowest BCUT2D eigenvalue weighted by Crippen LogP contribution is -2.25. The molecule has 128 valence electrons. The molecule has 1 aromatic heterocycles. The highest BCUT2D eigenvalue weighted by molar-refractivity contribution is 5.94. The monoisotopic (exact) mass is 337 g/mol. The van der Waals surface area contributed by atoms with Gasteiger partial charge in [0, 0.05) is 24.1 Å². The van der Waals surface area contributed by atoms with E-state index in [1.165, 1.54) is 5.56 Å². The predicted octanol–water partition coefficient (Wildman–Crippen LogP) is 3.03. The lowest BCUT2D eigenvalue weighted by atomic mass is 10.1. The Morgan fingerprint density at radius 1 is 1.20 bits per heavy atom. The SMILES string of the molecule is COc1cccc(C(=O)NCCc2nc(-c3ccc(C)cc3)no2)c1. The molecule has 0 bridgehead atoms. The molecule has 0 spiro atoms. The summed E-state index contributed by atoms with van der Waals surface area (Å²) in [5, 5.41) is 6.81. The zero-order valence-corrected chi connectivity index (χ0v) is 14.2. The number of hydrogen-bond acceptors (Lipinski definition) is 5. The number of aryl methyl sites for hydroxylation is 1. The van der Waals surface area contributed by atoms with Gasteiger partial charge >= 0.3 is 0 Å². The number of rotatable bonds is 6. The number of methoxy groups -OCH3 is 1. The summed E-state index contributed by atoms with van der Waals surface area (Å²) in [6, 6.07) is 14.9. The second-order valence-corrected chi connectivity index (χ2v) is 5.62. The van der Waals surface area contributed by atoms with Crippen molar-refractivity contribution in [1.82, 2.24) is 15.5 Å². The summed E-state index contributed by atoms with van der Waals surface area (Å²) in [6.07, 6.45) is 0.467. The molecule has 6 nitrogen and oxygen atoms in total. The van der Waals surface area contributed by atoms with E-state index in [0.717, 1.165) is 5.56 Å². The highest BCUT2D eigenvalue weighted by atomic mass is 16.5. The third kappa shape index (κ3) is 4.23. The maximum atomic E-state index is 12.1. The molecular weight excluding hydrogens is 318 g/mol. The first-order valence-electron chi connectivity index (χ1n) is 7.97. The Morgan fingerprint density at radius 2 is 2.00 bits per heavy atom. The van der Waals surface area contributed by atoms with Crippen molar-refractivity contribution >= 4 is 5.91 Å². The van der Waals surface area contributed by atoms with Gasteiger partial charge in [0.15, 0.2) is 0 Å². The Labute approximate surface area is 145 Å². The lowest BCUT2D eigenvalue weighted by Gasteiger charge is -2.05. The third-order valence-electron chi connectivity index (χ3n) is 3.73. The van der Waals surface area contributed by atoms with Crippen LogP contribution >= 0.6 is 0 Å². The molecule has 6 heteroatoms. The van der Waals surface area contributed by atoms with Crippen molar-refractivity contribution in [3.63, 3.8) is 0 Å². The van der Waals surface area contributed by atoms with Crippen molar-refractivity contribution in [2.24, 2.45) is 0 Å². The normalized spacial score (nSPS) is 10.5. The van der Waals surface area contributed by atoms with E-state index >= 15 is 0 Å². The number of carbonyl (C=O) groups excluding carboxylic acids is 1. The van der Waals surface area contributed by atoms with Crippen LogP contribution < -0.4 is 10.1 Å². The van der Waals surface area contributed by atoms with Crippen molar-refractivity contribution in [2.75, 3.05) is 13.7 Å². The van der Waals surface area contributed by atoms with Crippen LogP contribution in [0.15, 0.2) is 53.1 Å². The lowest BCUT2D eigenvalue weighted by molar-refractivity contribution is 0.0953. The Kier molecular flexibility index (Phi) is 5.09. The van der Waals surface area contributed by atoms with Gasteiger partial charge in [-0.1, -0.05) is 41.1 Å². The van der Waals surface area contributed by atoms with Crippen molar-refractivity contribution < 1.29 is 14.1 Å². The maximum absolute atomic E-state index is 12.1. The summed E-state index contributed by atoms with van der Waals surface area (Å²) in [5.74, 6) is 1.51. The second kappa shape index (κ2) is 7.61. The molecule has 3 aromatic rings. The van der Waals surface area contributed by atoms with Crippen molar-refractivity contribution in [1.29, 1.82) is 0 Å². The molecule has 0 atom stereocenters. The maximum Gasteiger partial charge on any atom is 0.251 e. The smallest absolute Gasteiger partial charge is 0.251 e. The molecule has 0 radical (unpaired) electrons. The predicted molar refractivity (Wildman–Crippen MR) is 93.5 cm³/mol. The van der Waals surface area contributed by atoms with Crippen molar-refractivity contribution in [3.05, 3.63) is 65.5 Å². The van der Waals surface area contributed by atoms with Gasteiger partial charge in [-0.15, -0.1) is 0 Å². The number of benzene rings is 2. The number of nitrogens with one attached hydrogen (secondary N) is 1. The minimum absolute atomic E-state index is 0.169. The number of aromatic nitrogens is 2. The van der Waals surface area contributed by atoms with Crippen LogP contribution in [0.5, 0.6) is 5.75 Å². The standard InChI is InChI=1S/C19H19N3O3/c1-13-6-8-14(9-7-13)18-21-17(25-22-18)10-11-20-19(23)15-4-3-5-16(12-15)24-2/h3-9,12H,10-11H2,1-2H3,(H,20,23). The fraction of sp³-hybridized carbons (Fsp3) is 0.211. The molecule has 0 saturated carbocycles. The van der Waals surface area contributed by atoms with Crippen molar-refractivity contribution in [3.8, 4) is 17.1 Å². The Balaban J connectivity index is 1.55. The summed E-state index contributed by atoms with van der Waals surface area (Å²) in [4.78, 5) is 16.5. The van der Waals surface area contributed by atoms with Gasteiger partial charge in [-0.25, -0.2) is 0 Å². The molecule has 0 saturated heterocycles. The van der Waals surface area contributed by atoms with Crippen LogP contribution in [-0.2, 0) is 6.42 Å². The number of ether oxygens (including phenoxy) is 1. The molecular formula is C19H19N3O3. The summed E-state index contributed by atoms with van der Waals surface area (Å²) in [5.41, 5.74) is 2.62. The van der Waals surface area contributed by atoms with E-state index in [2.05, 4.69) is 15.5 Å². The zero-order valence-electron chi connectivity index (χ0n) is 14.2. The molecule has 0 aliphatic carbocycles. The number of carbonyl (C=O) groups is 1. The van der Waals surface area contributed by atoms with Gasteiger partial charge in [0.2, 0.25) is 11.7 Å². The van der Waals surface area contributed by atoms with Gasteiger partial charge in [0.05, 0.1) is 7.11 Å². The fourth-order valence-corrected chi connectivity index (χ4v) is 2.33. The van der Waals surface area contributed by atoms with E-state index in [-0.39, 0.29) is 5.91 Å². The molecule has 1 heterocycles. The Morgan fingerprint density at radius 3 is 2.76 bits per heavy atom. The molecule has 2 aromatic carbocycles. The summed E-state index contributed by atoms with van der Waals surface area (Å²) < 4.78 is 10.4. The van der Waals surface area contributed by atoms with Gasteiger partial charge in [-0.2, -0.15) is 4.98 Å². The molecule has 3 rings (SSSR count). The van der Waals surface area contributed by atoms with Gasteiger partial charge in [-0.05, 0) is 25.1 Å². The largest absolute Gasteiger partial charge is 0.497 e. The van der Waals surface area contributed by atoms with Crippen LogP contribution in [0.3, 0.4) is 0 Å². The minimum Gasteiger partial charge on any atom is -0.497 e. The van der Waals surface area contributed by atoms with Crippen LogP contribution in [0, 0.1) is 6.92 Å². The van der Waals surface area contributed by atoms with Crippen LogP contribution in [-0.4, -0.2) is 29.7 Å². The number of nitrogens with zero attached hydrogens (tertiary/aromatic N) is 2. The van der Waals surface area contributed by atoms with Crippen LogP contribution in [0.2, 0.25) is 0 Å². The first-order chi connectivity index (χ1) is 12.2. The van der Waals surface area contributed by atoms with E-state index in [0.29, 0.717) is 36.0 Å². The second-order valence-electron chi connectivity index (χ2n) is 5.62. The highest BCUT2D eigenvalue weighted by Crippen LogP contribution is 2.16. The molecule has 1 N–H and O–H groups in total. The van der Waals surface area contributed by atoms with Crippen LogP contribution in [0.1, 0.15) is 21.8 Å². The minimum atomic E-state index is -0.169. The Bertz CT molecular complexity index is 856. The first-order valence-corrected chi connectivity index (χ1v) is 7.97. The van der Waals surface area contributed by atoms with E-state index < -0.39 is 0 Å². The summed E-state index contributed by atoms with van der Waals surface area (Å²) in [7, 11) is 1.57. The van der Waals surface area contributed by atoms with Crippen LogP contribution in [0.25, 0.3) is 11.4 Å². The Hall–Kier alpha value is -3.15. The fourth-order valence-electron chi connectivity index (χ4n) is 2.33. The van der Waals surface area contributed by atoms with E-state index in [9.17, 15) is 4.79 Å². The molecule has 0 fully saturated rings. The molecule has 1 amide bonds. The molecule has 0 unspecified atom stereocenters. The van der Waals surface area contributed by atoms with E-state index in [1.54, 1.807) is 31.4 Å². The molecule has 0 aliphatic rings. The highest BCUT2D eigenvalue weighted by Gasteiger charge is 2.10. The zero-order chi connectivity index (χ0) is 17.6. The number of hydrogen-bond donors (Lipinski definition) is 1.